The van der Waals surface area contributed by atoms with Crippen LogP contribution in [0.15, 0.2) is 53.7 Å². The number of benzene rings is 2. The number of rotatable bonds is 4. The fourth-order valence-corrected chi connectivity index (χ4v) is 4.30. The van der Waals surface area contributed by atoms with Crippen molar-refractivity contribution in [3.8, 4) is 0 Å². The maximum absolute atomic E-state index is 12.9. The Morgan fingerprint density at radius 2 is 1.96 bits per heavy atom. The molecule has 0 unspecified atom stereocenters. The van der Waals surface area contributed by atoms with E-state index in [4.69, 9.17) is 0 Å². The summed E-state index contributed by atoms with van der Waals surface area (Å²) >= 11 is 2.90. The molecule has 4 aromatic rings. The molecule has 25 heavy (non-hydrogen) atoms. The second-order valence-electron chi connectivity index (χ2n) is 5.43. The Labute approximate surface area is 150 Å². The van der Waals surface area contributed by atoms with E-state index in [9.17, 15) is 9.18 Å². The number of halogens is 1. The van der Waals surface area contributed by atoms with Crippen LogP contribution in [0.1, 0.15) is 6.92 Å². The second-order valence-corrected chi connectivity index (χ2v) is 7.74. The van der Waals surface area contributed by atoms with Crippen LogP contribution in [0.5, 0.6) is 0 Å². The van der Waals surface area contributed by atoms with E-state index in [1.54, 1.807) is 18.3 Å². The highest BCUT2D eigenvalue weighted by molar-refractivity contribution is 8.00. The van der Waals surface area contributed by atoms with Crippen LogP contribution in [-0.2, 0) is 4.79 Å². The molecule has 126 valence electrons. The van der Waals surface area contributed by atoms with Gasteiger partial charge in [-0.05, 0) is 43.3 Å². The Bertz CT molecular complexity index is 1060. The van der Waals surface area contributed by atoms with Crippen molar-refractivity contribution < 1.29 is 9.18 Å². The lowest BCUT2D eigenvalue weighted by Gasteiger charge is -2.10. The summed E-state index contributed by atoms with van der Waals surface area (Å²) in [5.74, 6) is -0.511. The van der Waals surface area contributed by atoms with Gasteiger partial charge in [0, 0.05) is 5.69 Å². The highest BCUT2D eigenvalue weighted by Crippen LogP contribution is 2.31. The number of para-hydroxylation sites is 1. The van der Waals surface area contributed by atoms with E-state index in [2.05, 4.69) is 15.5 Å². The van der Waals surface area contributed by atoms with Crippen LogP contribution >= 0.6 is 23.1 Å². The standard InChI is InChI=1S/C17H13FN4OS2/c1-10(15(23)19-12-8-6-11(18)7-9-12)24-16-20-21-17-22(16)13-4-2-3-5-14(13)25-17/h2-10H,1H3,(H,19,23)/t10-/m1/s1. The maximum Gasteiger partial charge on any atom is 0.237 e. The molecule has 1 atom stereocenters. The first-order valence-electron chi connectivity index (χ1n) is 7.57. The minimum atomic E-state index is -0.379. The Morgan fingerprint density at radius 1 is 1.20 bits per heavy atom. The molecule has 0 saturated carbocycles. The summed E-state index contributed by atoms with van der Waals surface area (Å²) < 4.78 is 16.0. The van der Waals surface area contributed by atoms with Crippen LogP contribution in [0.3, 0.4) is 0 Å². The van der Waals surface area contributed by atoms with Crippen molar-refractivity contribution in [2.24, 2.45) is 0 Å². The molecule has 0 fully saturated rings. The quantitative estimate of drug-likeness (QED) is 0.546. The number of thioether (sulfide) groups is 1. The number of amides is 1. The molecule has 0 spiro atoms. The van der Waals surface area contributed by atoms with E-state index in [-0.39, 0.29) is 17.0 Å². The molecule has 0 aliphatic carbocycles. The van der Waals surface area contributed by atoms with Crippen LogP contribution in [-0.4, -0.2) is 25.8 Å². The minimum absolute atomic E-state index is 0.173. The summed E-state index contributed by atoms with van der Waals surface area (Å²) in [4.78, 5) is 13.2. The molecule has 2 aromatic heterocycles. The van der Waals surface area contributed by atoms with Gasteiger partial charge in [-0.25, -0.2) is 4.39 Å². The highest BCUT2D eigenvalue weighted by atomic mass is 32.2. The zero-order valence-electron chi connectivity index (χ0n) is 13.1. The highest BCUT2D eigenvalue weighted by Gasteiger charge is 2.20. The van der Waals surface area contributed by atoms with Gasteiger partial charge in [0.25, 0.3) is 0 Å². The number of hydrogen-bond acceptors (Lipinski definition) is 5. The first kappa shape index (κ1) is 16.0. The zero-order chi connectivity index (χ0) is 17.4. The average molecular weight is 372 g/mol. The largest absolute Gasteiger partial charge is 0.325 e. The maximum atomic E-state index is 12.9. The molecule has 0 saturated heterocycles. The molecular weight excluding hydrogens is 359 g/mol. The smallest absolute Gasteiger partial charge is 0.237 e. The number of fused-ring (bicyclic) bond motifs is 3. The summed E-state index contributed by atoms with van der Waals surface area (Å²) in [5.41, 5.74) is 1.59. The third-order valence-corrected chi connectivity index (χ3v) is 5.73. The lowest BCUT2D eigenvalue weighted by Crippen LogP contribution is -2.22. The Morgan fingerprint density at radius 3 is 2.76 bits per heavy atom. The predicted molar refractivity (Wildman–Crippen MR) is 98.7 cm³/mol. The molecule has 0 aliphatic heterocycles. The summed E-state index contributed by atoms with van der Waals surface area (Å²) in [6, 6.07) is 13.7. The van der Waals surface area contributed by atoms with E-state index in [1.807, 2.05) is 28.7 Å². The third kappa shape index (κ3) is 3.10. The molecule has 5 nitrogen and oxygen atoms in total. The number of thiazole rings is 1. The van der Waals surface area contributed by atoms with Crippen molar-refractivity contribution in [1.82, 2.24) is 14.6 Å². The Hall–Kier alpha value is -2.45. The van der Waals surface area contributed by atoms with E-state index in [0.717, 1.165) is 15.2 Å². The van der Waals surface area contributed by atoms with Gasteiger partial charge in [-0.3, -0.25) is 9.20 Å². The molecule has 2 heterocycles. The van der Waals surface area contributed by atoms with E-state index in [1.165, 1.54) is 36.0 Å². The molecule has 1 N–H and O–H groups in total. The number of carbonyl (C=O) groups excluding carboxylic acids is 1. The fraction of sp³-hybridized carbons (Fsp3) is 0.118. The van der Waals surface area contributed by atoms with Crippen LogP contribution in [0, 0.1) is 5.82 Å². The van der Waals surface area contributed by atoms with Crippen molar-refractivity contribution in [3.63, 3.8) is 0 Å². The van der Waals surface area contributed by atoms with Crippen LogP contribution in [0.25, 0.3) is 15.2 Å². The van der Waals surface area contributed by atoms with Gasteiger partial charge in [0.15, 0.2) is 5.16 Å². The third-order valence-electron chi connectivity index (χ3n) is 3.67. The van der Waals surface area contributed by atoms with Crippen molar-refractivity contribution in [2.75, 3.05) is 5.32 Å². The average Bonchev–Trinajstić information content (AvgIpc) is 3.16. The van der Waals surface area contributed by atoms with Crippen LogP contribution in [0.4, 0.5) is 10.1 Å². The number of hydrogen-bond donors (Lipinski definition) is 1. The topological polar surface area (TPSA) is 59.3 Å². The van der Waals surface area contributed by atoms with Gasteiger partial charge in [0.05, 0.1) is 15.5 Å². The monoisotopic (exact) mass is 372 g/mol. The molecule has 2 aromatic carbocycles. The first-order valence-corrected chi connectivity index (χ1v) is 9.27. The molecule has 1 amide bonds. The number of carbonyl (C=O) groups is 1. The lowest BCUT2D eigenvalue weighted by molar-refractivity contribution is -0.115. The van der Waals surface area contributed by atoms with Crippen molar-refractivity contribution in [1.29, 1.82) is 0 Å². The van der Waals surface area contributed by atoms with Gasteiger partial charge in [-0.15, -0.1) is 10.2 Å². The first-order chi connectivity index (χ1) is 12.1. The Balaban J connectivity index is 1.56. The van der Waals surface area contributed by atoms with E-state index >= 15 is 0 Å². The SMILES string of the molecule is C[C@@H](Sc1nnc2sc3ccccc3n12)C(=O)Nc1ccc(F)cc1. The van der Waals surface area contributed by atoms with Gasteiger partial charge < -0.3 is 5.32 Å². The van der Waals surface area contributed by atoms with Crippen LogP contribution < -0.4 is 5.32 Å². The van der Waals surface area contributed by atoms with Crippen molar-refractivity contribution >= 4 is 49.9 Å². The van der Waals surface area contributed by atoms with Gasteiger partial charge in [-0.2, -0.15) is 0 Å². The van der Waals surface area contributed by atoms with Gasteiger partial charge >= 0.3 is 0 Å². The molecule has 0 radical (unpaired) electrons. The predicted octanol–water partition coefficient (Wildman–Crippen LogP) is 4.20. The van der Waals surface area contributed by atoms with Gasteiger partial charge in [-0.1, -0.05) is 35.2 Å². The fourth-order valence-electron chi connectivity index (χ4n) is 2.42. The van der Waals surface area contributed by atoms with E-state index < -0.39 is 0 Å². The van der Waals surface area contributed by atoms with Gasteiger partial charge in [0.1, 0.15) is 5.82 Å². The molecular formula is C17H13FN4OS2. The van der Waals surface area contributed by atoms with Crippen molar-refractivity contribution in [3.05, 3.63) is 54.3 Å². The second kappa shape index (κ2) is 6.45. The summed E-state index contributed by atoms with van der Waals surface area (Å²) in [6.07, 6.45) is 0. The number of aromatic nitrogens is 3. The van der Waals surface area contributed by atoms with Crippen molar-refractivity contribution in [2.45, 2.75) is 17.3 Å². The number of nitrogens with one attached hydrogen (secondary N) is 1. The molecule has 4 rings (SSSR count). The normalized spacial score (nSPS) is 12.6. The molecule has 0 aliphatic rings. The Kier molecular flexibility index (Phi) is 4.14. The van der Waals surface area contributed by atoms with Gasteiger partial charge in [0.2, 0.25) is 10.9 Å². The van der Waals surface area contributed by atoms with Crippen LogP contribution in [0.2, 0.25) is 0 Å². The lowest BCUT2D eigenvalue weighted by atomic mass is 10.3. The van der Waals surface area contributed by atoms with E-state index in [0.29, 0.717) is 10.8 Å². The molecule has 0 bridgehead atoms. The molecule has 8 heteroatoms. The minimum Gasteiger partial charge on any atom is -0.325 e. The zero-order valence-corrected chi connectivity index (χ0v) is 14.8. The number of anilines is 1. The summed E-state index contributed by atoms with van der Waals surface area (Å²) in [7, 11) is 0. The summed E-state index contributed by atoms with van der Waals surface area (Å²) in [5, 5.41) is 11.5. The number of nitrogens with zero attached hydrogens (tertiary/aromatic N) is 3. The summed E-state index contributed by atoms with van der Waals surface area (Å²) in [6.45, 7) is 1.80.